The zero-order valence-electron chi connectivity index (χ0n) is 13.4. The number of pyridine rings is 1. The van der Waals surface area contributed by atoms with Gasteiger partial charge in [0.05, 0.1) is 18.5 Å². The topological polar surface area (TPSA) is 90.1 Å². The lowest BCUT2D eigenvalue weighted by molar-refractivity contribution is 0.343. The van der Waals surface area contributed by atoms with Crippen molar-refractivity contribution in [2.45, 2.75) is 20.3 Å². The largest absolute Gasteiger partial charge is 0.491 e. The molecule has 1 N–H and O–H groups in total. The van der Waals surface area contributed by atoms with E-state index >= 15 is 0 Å². The van der Waals surface area contributed by atoms with E-state index in [0.717, 1.165) is 17.8 Å². The molecule has 8 nitrogen and oxygen atoms in total. The highest BCUT2D eigenvalue weighted by atomic mass is 16.5. The van der Waals surface area contributed by atoms with E-state index in [4.69, 9.17) is 4.74 Å². The SMILES string of the molecule is CCOc1ccnc2[nH]c(=O)n(-c3ccc4ncc(CC)n4n3)c12. The van der Waals surface area contributed by atoms with Crippen LogP contribution in [0.15, 0.2) is 35.4 Å². The summed E-state index contributed by atoms with van der Waals surface area (Å²) in [5.41, 5.74) is 2.45. The monoisotopic (exact) mass is 324 g/mol. The molecule has 0 fully saturated rings. The Balaban J connectivity index is 2.02. The minimum atomic E-state index is -0.310. The number of fused-ring (bicyclic) bond motifs is 2. The summed E-state index contributed by atoms with van der Waals surface area (Å²) in [7, 11) is 0. The summed E-state index contributed by atoms with van der Waals surface area (Å²) in [5, 5.41) is 4.57. The molecule has 0 spiro atoms. The van der Waals surface area contributed by atoms with Gasteiger partial charge in [0.1, 0.15) is 11.3 Å². The van der Waals surface area contributed by atoms with Crippen LogP contribution in [0.4, 0.5) is 0 Å². The number of nitrogens with one attached hydrogen (secondary N) is 1. The zero-order chi connectivity index (χ0) is 16.7. The van der Waals surface area contributed by atoms with Gasteiger partial charge in [-0.25, -0.2) is 23.8 Å². The van der Waals surface area contributed by atoms with Crippen molar-refractivity contribution in [1.29, 1.82) is 0 Å². The van der Waals surface area contributed by atoms with Crippen LogP contribution in [0.25, 0.3) is 22.6 Å². The average molecular weight is 324 g/mol. The first kappa shape index (κ1) is 14.4. The molecular weight excluding hydrogens is 308 g/mol. The summed E-state index contributed by atoms with van der Waals surface area (Å²) in [6.45, 7) is 4.42. The molecule has 0 atom stereocenters. The molecule has 0 saturated heterocycles. The fourth-order valence-electron chi connectivity index (χ4n) is 2.76. The number of rotatable bonds is 4. The minimum Gasteiger partial charge on any atom is -0.491 e. The van der Waals surface area contributed by atoms with Gasteiger partial charge in [0.15, 0.2) is 17.1 Å². The Morgan fingerprint density at radius 3 is 2.88 bits per heavy atom. The molecule has 0 radical (unpaired) electrons. The van der Waals surface area contributed by atoms with Gasteiger partial charge in [-0.05, 0) is 25.5 Å². The van der Waals surface area contributed by atoms with Crippen LogP contribution < -0.4 is 10.4 Å². The number of H-pyrrole nitrogens is 1. The molecule has 0 saturated carbocycles. The summed E-state index contributed by atoms with van der Waals surface area (Å²) >= 11 is 0. The van der Waals surface area contributed by atoms with Crippen LogP contribution in [0.1, 0.15) is 19.5 Å². The van der Waals surface area contributed by atoms with Crippen LogP contribution in [0, 0.1) is 0 Å². The predicted octanol–water partition coefficient (Wildman–Crippen LogP) is 1.72. The number of hydrogen-bond donors (Lipinski definition) is 1. The second kappa shape index (κ2) is 5.48. The van der Waals surface area contributed by atoms with Crippen LogP contribution >= 0.6 is 0 Å². The van der Waals surface area contributed by atoms with Gasteiger partial charge in [-0.3, -0.25) is 4.98 Å². The van der Waals surface area contributed by atoms with Gasteiger partial charge in [0.2, 0.25) is 0 Å². The van der Waals surface area contributed by atoms with E-state index in [0.29, 0.717) is 29.3 Å². The quantitative estimate of drug-likeness (QED) is 0.617. The fraction of sp³-hybridized carbons (Fsp3) is 0.250. The Kier molecular flexibility index (Phi) is 3.30. The third-order valence-corrected chi connectivity index (χ3v) is 3.85. The van der Waals surface area contributed by atoms with E-state index in [1.807, 2.05) is 19.9 Å². The van der Waals surface area contributed by atoms with Crippen molar-refractivity contribution in [3.63, 3.8) is 0 Å². The van der Waals surface area contributed by atoms with Crippen LogP contribution in [0.2, 0.25) is 0 Å². The highest BCUT2D eigenvalue weighted by molar-refractivity contribution is 5.79. The Hall–Kier alpha value is -3.16. The molecule has 0 bridgehead atoms. The first-order chi connectivity index (χ1) is 11.7. The lowest BCUT2D eigenvalue weighted by atomic mass is 10.3. The number of imidazole rings is 2. The number of aryl methyl sites for hydroxylation is 1. The van der Waals surface area contributed by atoms with Gasteiger partial charge in [0, 0.05) is 12.3 Å². The smallest absolute Gasteiger partial charge is 0.333 e. The van der Waals surface area contributed by atoms with Gasteiger partial charge < -0.3 is 4.74 Å². The van der Waals surface area contributed by atoms with Crippen molar-refractivity contribution < 1.29 is 4.74 Å². The third kappa shape index (κ3) is 2.07. The highest BCUT2D eigenvalue weighted by Crippen LogP contribution is 2.24. The van der Waals surface area contributed by atoms with Crippen LogP contribution in [0.5, 0.6) is 5.75 Å². The van der Waals surface area contributed by atoms with Crippen molar-refractivity contribution in [2.24, 2.45) is 0 Å². The normalized spacial score (nSPS) is 11.4. The highest BCUT2D eigenvalue weighted by Gasteiger charge is 2.16. The number of aromatic nitrogens is 6. The third-order valence-electron chi connectivity index (χ3n) is 3.85. The number of aromatic amines is 1. The molecule has 4 aromatic heterocycles. The first-order valence-corrected chi connectivity index (χ1v) is 7.79. The molecule has 0 aromatic carbocycles. The summed E-state index contributed by atoms with van der Waals surface area (Å²) < 4.78 is 8.87. The second-order valence-electron chi connectivity index (χ2n) is 5.27. The predicted molar refractivity (Wildman–Crippen MR) is 88.8 cm³/mol. The molecule has 122 valence electrons. The van der Waals surface area contributed by atoms with E-state index in [9.17, 15) is 4.79 Å². The summed E-state index contributed by atoms with van der Waals surface area (Å²) in [4.78, 5) is 23.7. The molecule has 0 amide bonds. The van der Waals surface area contributed by atoms with Crippen molar-refractivity contribution in [3.05, 3.63) is 46.8 Å². The maximum atomic E-state index is 12.5. The molecule has 4 rings (SSSR count). The van der Waals surface area contributed by atoms with Crippen molar-refractivity contribution in [3.8, 4) is 11.6 Å². The molecular formula is C16H16N6O2. The number of ether oxygens (including phenoxy) is 1. The molecule has 0 aliphatic carbocycles. The lowest BCUT2D eigenvalue weighted by Gasteiger charge is -2.08. The van der Waals surface area contributed by atoms with Crippen molar-refractivity contribution in [2.75, 3.05) is 6.61 Å². The van der Waals surface area contributed by atoms with E-state index in [1.54, 1.807) is 29.0 Å². The zero-order valence-corrected chi connectivity index (χ0v) is 13.4. The summed E-state index contributed by atoms with van der Waals surface area (Å²) in [5.74, 6) is 1.07. The van der Waals surface area contributed by atoms with Crippen molar-refractivity contribution >= 4 is 16.8 Å². The molecule has 0 aliphatic rings. The maximum Gasteiger partial charge on any atom is 0.333 e. The van der Waals surface area contributed by atoms with E-state index in [1.165, 1.54) is 4.57 Å². The number of nitrogens with zero attached hydrogens (tertiary/aromatic N) is 5. The number of hydrogen-bond acceptors (Lipinski definition) is 5. The summed E-state index contributed by atoms with van der Waals surface area (Å²) in [6.07, 6.45) is 4.19. The first-order valence-electron chi connectivity index (χ1n) is 7.79. The Bertz CT molecular complexity index is 1090. The van der Waals surface area contributed by atoms with E-state index in [-0.39, 0.29) is 5.69 Å². The second-order valence-corrected chi connectivity index (χ2v) is 5.27. The van der Waals surface area contributed by atoms with E-state index < -0.39 is 0 Å². The average Bonchev–Trinajstić information content (AvgIpc) is 3.14. The molecule has 24 heavy (non-hydrogen) atoms. The molecule has 4 heterocycles. The molecule has 0 unspecified atom stereocenters. The molecule has 0 aliphatic heterocycles. The summed E-state index contributed by atoms with van der Waals surface area (Å²) in [6, 6.07) is 5.34. The fourth-order valence-corrected chi connectivity index (χ4v) is 2.76. The minimum absolute atomic E-state index is 0.310. The molecule has 8 heteroatoms. The Morgan fingerprint density at radius 1 is 1.21 bits per heavy atom. The van der Waals surface area contributed by atoms with Gasteiger partial charge in [-0.15, -0.1) is 5.10 Å². The van der Waals surface area contributed by atoms with Gasteiger partial charge in [-0.2, -0.15) is 0 Å². The van der Waals surface area contributed by atoms with Gasteiger partial charge >= 0.3 is 5.69 Å². The Morgan fingerprint density at radius 2 is 2.08 bits per heavy atom. The van der Waals surface area contributed by atoms with Crippen LogP contribution in [-0.4, -0.2) is 35.7 Å². The maximum absolute atomic E-state index is 12.5. The lowest BCUT2D eigenvalue weighted by Crippen LogP contribution is -2.17. The standard InChI is InChI=1S/C16H16N6O2/c1-3-10-9-18-12-5-6-13(20-22(10)12)21-14-11(24-4-2)7-8-17-15(14)19-16(21)23/h5-9H,3-4H2,1-2H3,(H,17,19,23). The van der Waals surface area contributed by atoms with Crippen molar-refractivity contribution in [1.82, 2.24) is 29.1 Å². The Labute approximate surface area is 136 Å². The van der Waals surface area contributed by atoms with Gasteiger partial charge in [0.25, 0.3) is 0 Å². The van der Waals surface area contributed by atoms with Gasteiger partial charge in [-0.1, -0.05) is 6.92 Å². The van der Waals surface area contributed by atoms with E-state index in [2.05, 4.69) is 20.1 Å². The van der Waals surface area contributed by atoms with Crippen LogP contribution in [-0.2, 0) is 6.42 Å². The van der Waals surface area contributed by atoms with Crippen LogP contribution in [0.3, 0.4) is 0 Å². The molecule has 4 aromatic rings.